The first-order chi connectivity index (χ1) is 16.1. The van der Waals surface area contributed by atoms with Crippen LogP contribution in [0.3, 0.4) is 0 Å². The molecule has 1 aliphatic rings. The van der Waals surface area contributed by atoms with E-state index in [0.29, 0.717) is 16.7 Å². The summed E-state index contributed by atoms with van der Waals surface area (Å²) in [4.78, 5) is 38.7. The van der Waals surface area contributed by atoms with Gasteiger partial charge in [-0.25, -0.2) is 0 Å². The Labute approximate surface area is 189 Å². The minimum atomic E-state index is -0.416. The number of hydrogen-bond acceptors (Lipinski definition) is 4. The predicted molar refractivity (Wildman–Crippen MR) is 124 cm³/mol. The van der Waals surface area contributed by atoms with E-state index in [1.54, 1.807) is 36.4 Å². The maximum atomic E-state index is 13.0. The zero-order valence-electron chi connectivity index (χ0n) is 17.3. The van der Waals surface area contributed by atoms with Crippen LogP contribution in [-0.2, 0) is 0 Å². The molecule has 0 aromatic heterocycles. The molecule has 1 amide bonds. The Morgan fingerprint density at radius 2 is 1.21 bits per heavy atom. The summed E-state index contributed by atoms with van der Waals surface area (Å²) >= 11 is 0. The van der Waals surface area contributed by atoms with Gasteiger partial charge in [0, 0.05) is 27.8 Å². The highest BCUT2D eigenvalue weighted by molar-refractivity contribution is 6.29. The minimum absolute atomic E-state index is 0.114. The first-order valence-corrected chi connectivity index (χ1v) is 10.3. The highest BCUT2D eigenvalue weighted by Gasteiger charge is 2.30. The Hall–Kier alpha value is -4.82. The lowest BCUT2D eigenvalue weighted by Gasteiger charge is -2.19. The van der Waals surface area contributed by atoms with Gasteiger partial charge >= 0.3 is 0 Å². The molecule has 5 rings (SSSR count). The third-order valence-electron chi connectivity index (χ3n) is 5.69. The molecule has 0 bridgehead atoms. The fraction of sp³-hybridized carbons (Fsp3) is 0. The Bertz CT molecular complexity index is 1480. The van der Waals surface area contributed by atoms with Crippen molar-refractivity contribution in [2.24, 2.45) is 0 Å². The number of benzene rings is 4. The molecule has 1 aliphatic carbocycles. The Kier molecular flexibility index (Phi) is 4.89. The maximum absolute atomic E-state index is 13.0. The number of nitrogens with zero attached hydrogens (tertiary/aromatic N) is 1. The molecular formula is C28H16N2O3. The molecule has 156 valence electrons. The normalized spacial score (nSPS) is 11.8. The third kappa shape index (κ3) is 3.50. The van der Waals surface area contributed by atoms with Gasteiger partial charge in [-0.1, -0.05) is 66.7 Å². The van der Waals surface area contributed by atoms with Crippen molar-refractivity contribution in [2.75, 3.05) is 5.32 Å². The standard InChI is InChI=1S/C28H16N2O3/c29-16-20-14-23-24(27(32)22-9-5-4-8-21(22)26(23)31)15-25(20)30-28(33)19-12-10-18(11-13-19)17-6-2-1-3-7-17/h1-15H,(H,30,33). The first kappa shape index (κ1) is 20.1. The number of nitriles is 1. The van der Waals surface area contributed by atoms with Crippen LogP contribution in [0, 0.1) is 11.3 Å². The van der Waals surface area contributed by atoms with Crippen LogP contribution in [0.2, 0.25) is 0 Å². The number of anilines is 1. The average Bonchev–Trinajstić information content (AvgIpc) is 2.87. The monoisotopic (exact) mass is 428 g/mol. The number of nitrogens with one attached hydrogen (secondary N) is 1. The van der Waals surface area contributed by atoms with E-state index in [1.165, 1.54) is 12.1 Å². The molecule has 4 aromatic rings. The molecule has 0 spiro atoms. The maximum Gasteiger partial charge on any atom is 0.255 e. The van der Waals surface area contributed by atoms with Crippen LogP contribution in [0.4, 0.5) is 5.69 Å². The summed E-state index contributed by atoms with van der Waals surface area (Å²) in [6.45, 7) is 0. The fourth-order valence-corrected chi connectivity index (χ4v) is 3.98. The highest BCUT2D eigenvalue weighted by atomic mass is 16.2. The van der Waals surface area contributed by atoms with Crippen molar-refractivity contribution in [3.05, 3.63) is 124 Å². The number of carbonyl (C=O) groups excluding carboxylic acids is 3. The van der Waals surface area contributed by atoms with E-state index in [9.17, 15) is 19.6 Å². The first-order valence-electron chi connectivity index (χ1n) is 10.3. The van der Waals surface area contributed by atoms with E-state index < -0.39 is 5.91 Å². The number of ketones is 2. The summed E-state index contributed by atoms with van der Waals surface area (Å²) in [5.74, 6) is -1.04. The van der Waals surface area contributed by atoms with Crippen molar-refractivity contribution in [1.82, 2.24) is 0 Å². The van der Waals surface area contributed by atoms with Gasteiger partial charge in [0.15, 0.2) is 11.6 Å². The number of fused-ring (bicyclic) bond motifs is 2. The zero-order valence-corrected chi connectivity index (χ0v) is 17.3. The Balaban J connectivity index is 1.47. The van der Waals surface area contributed by atoms with Gasteiger partial charge in [0.1, 0.15) is 6.07 Å². The van der Waals surface area contributed by atoms with Gasteiger partial charge in [0.25, 0.3) is 5.91 Å². The van der Waals surface area contributed by atoms with Crippen molar-refractivity contribution >= 4 is 23.2 Å². The quantitative estimate of drug-likeness (QED) is 0.425. The minimum Gasteiger partial charge on any atom is -0.321 e. The number of carbonyl (C=O) groups is 3. The van der Waals surface area contributed by atoms with E-state index in [0.717, 1.165) is 11.1 Å². The van der Waals surface area contributed by atoms with Gasteiger partial charge < -0.3 is 5.32 Å². The van der Waals surface area contributed by atoms with E-state index in [-0.39, 0.29) is 33.9 Å². The predicted octanol–water partition coefficient (Wildman–Crippen LogP) is 5.25. The van der Waals surface area contributed by atoms with Crippen LogP contribution < -0.4 is 5.32 Å². The number of rotatable bonds is 3. The van der Waals surface area contributed by atoms with Gasteiger partial charge in [-0.3, -0.25) is 14.4 Å². The molecule has 0 saturated carbocycles. The molecule has 33 heavy (non-hydrogen) atoms. The molecule has 4 aromatic carbocycles. The van der Waals surface area contributed by atoms with Crippen LogP contribution in [0.1, 0.15) is 47.8 Å². The lowest BCUT2D eigenvalue weighted by atomic mass is 9.83. The van der Waals surface area contributed by atoms with Crippen molar-refractivity contribution < 1.29 is 14.4 Å². The molecule has 0 atom stereocenters. The summed E-state index contributed by atoms with van der Waals surface area (Å²) in [6, 6.07) is 28.3. The summed E-state index contributed by atoms with van der Waals surface area (Å²) in [5, 5.41) is 12.3. The number of hydrogen-bond donors (Lipinski definition) is 1. The molecular weight excluding hydrogens is 412 g/mol. The zero-order chi connectivity index (χ0) is 22.9. The topological polar surface area (TPSA) is 87.0 Å². The largest absolute Gasteiger partial charge is 0.321 e. The van der Waals surface area contributed by atoms with Crippen molar-refractivity contribution in [3.8, 4) is 17.2 Å². The van der Waals surface area contributed by atoms with Gasteiger partial charge in [0.05, 0.1) is 11.3 Å². The molecule has 0 unspecified atom stereocenters. The average molecular weight is 428 g/mol. The van der Waals surface area contributed by atoms with Gasteiger partial charge in [-0.2, -0.15) is 5.26 Å². The third-order valence-corrected chi connectivity index (χ3v) is 5.69. The lowest BCUT2D eigenvalue weighted by Crippen LogP contribution is -2.22. The van der Waals surface area contributed by atoms with Gasteiger partial charge in [0.2, 0.25) is 0 Å². The summed E-state index contributed by atoms with van der Waals surface area (Å²) in [5.41, 5.74) is 3.69. The molecule has 1 N–H and O–H groups in total. The molecule has 0 radical (unpaired) electrons. The van der Waals surface area contributed by atoms with E-state index >= 15 is 0 Å². The van der Waals surface area contributed by atoms with E-state index in [4.69, 9.17) is 0 Å². The molecule has 0 aliphatic heterocycles. The van der Waals surface area contributed by atoms with E-state index in [1.807, 2.05) is 48.5 Å². The van der Waals surface area contributed by atoms with Crippen molar-refractivity contribution in [1.29, 1.82) is 5.26 Å². The SMILES string of the molecule is N#Cc1cc2c(cc1NC(=O)c1ccc(-c3ccccc3)cc1)C(=O)c1ccccc1C2=O. The number of amides is 1. The second-order valence-corrected chi connectivity index (χ2v) is 7.66. The van der Waals surface area contributed by atoms with Crippen LogP contribution in [0.25, 0.3) is 11.1 Å². The second kappa shape index (κ2) is 8.03. The van der Waals surface area contributed by atoms with Crippen LogP contribution >= 0.6 is 0 Å². The van der Waals surface area contributed by atoms with E-state index in [2.05, 4.69) is 5.32 Å². The van der Waals surface area contributed by atoms with Crippen LogP contribution in [0.5, 0.6) is 0 Å². The van der Waals surface area contributed by atoms with Crippen molar-refractivity contribution in [2.45, 2.75) is 0 Å². The Morgan fingerprint density at radius 1 is 0.667 bits per heavy atom. The molecule has 5 heteroatoms. The summed E-state index contributed by atoms with van der Waals surface area (Å²) < 4.78 is 0. The van der Waals surface area contributed by atoms with Crippen LogP contribution in [-0.4, -0.2) is 17.5 Å². The summed E-state index contributed by atoms with van der Waals surface area (Å²) in [6.07, 6.45) is 0. The second-order valence-electron chi connectivity index (χ2n) is 7.66. The Morgan fingerprint density at radius 3 is 1.82 bits per heavy atom. The lowest BCUT2D eigenvalue weighted by molar-refractivity contribution is 0.0979. The molecule has 0 heterocycles. The van der Waals surface area contributed by atoms with Gasteiger partial charge in [-0.05, 0) is 35.4 Å². The fourth-order valence-electron chi connectivity index (χ4n) is 3.98. The van der Waals surface area contributed by atoms with Crippen LogP contribution in [0.15, 0.2) is 91.0 Å². The van der Waals surface area contributed by atoms with Crippen molar-refractivity contribution in [3.63, 3.8) is 0 Å². The van der Waals surface area contributed by atoms with Gasteiger partial charge in [-0.15, -0.1) is 0 Å². The molecule has 0 fully saturated rings. The molecule has 0 saturated heterocycles. The molecule has 5 nitrogen and oxygen atoms in total. The highest BCUT2D eigenvalue weighted by Crippen LogP contribution is 2.31. The summed E-state index contributed by atoms with van der Waals surface area (Å²) in [7, 11) is 0. The smallest absolute Gasteiger partial charge is 0.255 e.